The van der Waals surface area contributed by atoms with Crippen molar-refractivity contribution in [3.63, 3.8) is 0 Å². The quantitative estimate of drug-likeness (QED) is 0.270. The van der Waals surface area contributed by atoms with Crippen molar-refractivity contribution in [2.45, 2.75) is 39.5 Å². The number of esters is 1. The Morgan fingerprint density at radius 3 is 2.08 bits per heavy atom. The van der Waals surface area contributed by atoms with Crippen LogP contribution >= 0.6 is 0 Å². The van der Waals surface area contributed by atoms with Crippen LogP contribution in [0.15, 0.2) is 60.7 Å². The molecule has 0 spiro atoms. The third-order valence-electron chi connectivity index (χ3n) is 7.38. The molecule has 3 aromatic rings. The highest BCUT2D eigenvalue weighted by atomic mass is 16.5. The second kappa shape index (κ2) is 11.1. The molecule has 1 amide bonds. The Hall–Kier alpha value is -4.13. The molecule has 0 saturated carbocycles. The van der Waals surface area contributed by atoms with Gasteiger partial charge in [-0.15, -0.1) is 0 Å². The third kappa shape index (κ3) is 5.28. The minimum Gasteiger partial charge on any atom is -0.469 e. The van der Waals surface area contributed by atoms with Gasteiger partial charge in [0.2, 0.25) is 5.91 Å². The Morgan fingerprint density at radius 1 is 0.868 bits per heavy atom. The summed E-state index contributed by atoms with van der Waals surface area (Å²) in [6, 6.07) is 19.4. The molecule has 0 saturated heterocycles. The van der Waals surface area contributed by atoms with Gasteiger partial charge < -0.3 is 20.3 Å². The van der Waals surface area contributed by atoms with E-state index in [9.17, 15) is 14.4 Å². The van der Waals surface area contributed by atoms with Crippen LogP contribution in [0.2, 0.25) is 0 Å². The summed E-state index contributed by atoms with van der Waals surface area (Å²) in [5, 5.41) is 6.15. The number of anilines is 3. The van der Waals surface area contributed by atoms with Gasteiger partial charge in [0, 0.05) is 41.1 Å². The highest BCUT2D eigenvalue weighted by Crippen LogP contribution is 2.51. The Morgan fingerprint density at radius 2 is 1.47 bits per heavy atom. The number of nitrogens with one attached hydrogen (secondary N) is 2. The first-order chi connectivity index (χ1) is 18.2. The average Bonchev–Trinajstić information content (AvgIpc) is 3.16. The van der Waals surface area contributed by atoms with Crippen LogP contribution in [-0.2, 0) is 19.7 Å². The maximum Gasteiger partial charge on any atom is 0.306 e. The molecule has 1 unspecified atom stereocenters. The molecule has 1 aliphatic carbocycles. The van der Waals surface area contributed by atoms with E-state index in [2.05, 4.69) is 29.4 Å². The standard InChI is InChI=1S/C31H35N3O4/c1-6-34(7-2)24-12-9-22(10-13-24)33-29(36)19-32-23-11-15-26-25-14-8-21(20(3)35)16-27(25)31(4,28(26)17-23)18-30(37)38-5/h8-17,32H,6-7,18-19H2,1-5H3,(H,33,36). The highest BCUT2D eigenvalue weighted by molar-refractivity contribution is 5.97. The number of carbonyl (C=O) groups excluding carboxylic acids is 3. The number of ketones is 1. The van der Waals surface area contributed by atoms with E-state index in [0.29, 0.717) is 5.56 Å². The first-order valence-electron chi connectivity index (χ1n) is 13.0. The van der Waals surface area contributed by atoms with E-state index < -0.39 is 5.41 Å². The van der Waals surface area contributed by atoms with Gasteiger partial charge in [0.05, 0.1) is 20.1 Å². The predicted octanol–water partition coefficient (Wildman–Crippen LogP) is 5.64. The van der Waals surface area contributed by atoms with Crippen LogP contribution in [0.4, 0.5) is 17.1 Å². The van der Waals surface area contributed by atoms with Gasteiger partial charge in [-0.1, -0.05) is 25.1 Å². The zero-order chi connectivity index (χ0) is 27.4. The van der Waals surface area contributed by atoms with Crippen molar-refractivity contribution in [1.82, 2.24) is 0 Å². The molecular weight excluding hydrogens is 478 g/mol. The number of rotatable bonds is 10. The van der Waals surface area contributed by atoms with Crippen LogP contribution in [0.3, 0.4) is 0 Å². The van der Waals surface area contributed by atoms with Crippen LogP contribution in [0, 0.1) is 0 Å². The van der Waals surface area contributed by atoms with Crippen LogP contribution in [-0.4, -0.2) is 44.4 Å². The zero-order valence-electron chi connectivity index (χ0n) is 22.7. The summed E-state index contributed by atoms with van der Waals surface area (Å²) in [5.74, 6) is -0.516. The molecule has 0 aromatic heterocycles. The molecule has 0 bridgehead atoms. The molecule has 4 rings (SSSR count). The fraction of sp³-hybridized carbons (Fsp3) is 0.323. The Labute approximate surface area is 224 Å². The molecule has 198 valence electrons. The summed E-state index contributed by atoms with van der Waals surface area (Å²) >= 11 is 0. The van der Waals surface area contributed by atoms with Gasteiger partial charge in [-0.2, -0.15) is 0 Å². The highest BCUT2D eigenvalue weighted by Gasteiger charge is 2.41. The number of hydrogen-bond donors (Lipinski definition) is 2. The normalized spacial score (nSPS) is 15.3. The largest absolute Gasteiger partial charge is 0.469 e. The Kier molecular flexibility index (Phi) is 7.86. The van der Waals surface area contributed by atoms with Crippen LogP contribution in [0.25, 0.3) is 11.1 Å². The van der Waals surface area contributed by atoms with Crippen LogP contribution in [0.5, 0.6) is 0 Å². The lowest BCUT2D eigenvalue weighted by atomic mass is 9.76. The minimum atomic E-state index is -0.671. The van der Waals surface area contributed by atoms with Crippen molar-refractivity contribution in [3.05, 3.63) is 77.4 Å². The number of hydrogen-bond acceptors (Lipinski definition) is 6. The molecular formula is C31H35N3O4. The molecule has 0 fully saturated rings. The van der Waals surface area contributed by atoms with Gasteiger partial charge in [0.25, 0.3) is 0 Å². The lowest BCUT2D eigenvalue weighted by Crippen LogP contribution is -2.26. The molecule has 7 heteroatoms. The second-order valence-corrected chi connectivity index (χ2v) is 9.78. The molecule has 1 atom stereocenters. The fourth-order valence-electron chi connectivity index (χ4n) is 5.23. The molecule has 0 aliphatic heterocycles. The third-order valence-corrected chi connectivity index (χ3v) is 7.38. The lowest BCUT2D eigenvalue weighted by molar-refractivity contribution is -0.141. The van der Waals surface area contributed by atoms with E-state index >= 15 is 0 Å². The summed E-state index contributed by atoms with van der Waals surface area (Å²) in [6.07, 6.45) is 0.137. The van der Waals surface area contributed by atoms with Gasteiger partial charge in [0.1, 0.15) is 0 Å². The van der Waals surface area contributed by atoms with Gasteiger partial charge >= 0.3 is 5.97 Å². The first kappa shape index (κ1) is 26.9. The second-order valence-electron chi connectivity index (χ2n) is 9.78. The number of nitrogens with zero attached hydrogens (tertiary/aromatic N) is 1. The SMILES string of the molecule is CCN(CC)c1ccc(NC(=O)CNc2ccc3c(c2)C(C)(CC(=O)OC)c2cc(C(C)=O)ccc2-3)cc1. The topological polar surface area (TPSA) is 87.7 Å². The predicted molar refractivity (Wildman–Crippen MR) is 152 cm³/mol. The van der Waals surface area contributed by atoms with Crippen LogP contribution in [0.1, 0.15) is 55.6 Å². The lowest BCUT2D eigenvalue weighted by Gasteiger charge is -2.27. The van der Waals surface area contributed by atoms with Crippen molar-refractivity contribution in [2.24, 2.45) is 0 Å². The number of Topliss-reactive ketones (excluding diaryl/α,β-unsaturated/α-hetero) is 1. The van der Waals surface area contributed by atoms with E-state index in [0.717, 1.165) is 52.4 Å². The number of benzene rings is 3. The van der Waals surface area contributed by atoms with Crippen LogP contribution < -0.4 is 15.5 Å². The molecule has 0 heterocycles. The zero-order valence-corrected chi connectivity index (χ0v) is 22.7. The first-order valence-corrected chi connectivity index (χ1v) is 13.0. The Bertz CT molecular complexity index is 1360. The van der Waals surface area contributed by atoms with Crippen molar-refractivity contribution in [2.75, 3.05) is 42.3 Å². The number of amides is 1. The summed E-state index contributed by atoms with van der Waals surface area (Å²) in [6.45, 7) is 9.70. The van der Waals surface area contributed by atoms with Crippen molar-refractivity contribution < 1.29 is 19.1 Å². The average molecular weight is 514 g/mol. The van der Waals surface area contributed by atoms with Gasteiger partial charge in [0.15, 0.2) is 5.78 Å². The van der Waals surface area contributed by atoms with Gasteiger partial charge in [-0.05, 0) is 85.5 Å². The van der Waals surface area contributed by atoms with Crippen molar-refractivity contribution >= 4 is 34.7 Å². The summed E-state index contributed by atoms with van der Waals surface area (Å²) in [7, 11) is 1.38. The van der Waals surface area contributed by atoms with Crippen molar-refractivity contribution in [1.29, 1.82) is 0 Å². The number of ether oxygens (including phenoxy) is 1. The van der Waals surface area contributed by atoms with Gasteiger partial charge in [-0.3, -0.25) is 14.4 Å². The van der Waals surface area contributed by atoms with Gasteiger partial charge in [-0.25, -0.2) is 0 Å². The van der Waals surface area contributed by atoms with E-state index in [4.69, 9.17) is 4.74 Å². The summed E-state index contributed by atoms with van der Waals surface area (Å²) in [4.78, 5) is 39.4. The smallest absolute Gasteiger partial charge is 0.306 e. The number of fused-ring (bicyclic) bond motifs is 3. The van der Waals surface area contributed by atoms with E-state index in [-0.39, 0.29) is 30.6 Å². The molecule has 2 N–H and O–H groups in total. The summed E-state index contributed by atoms with van der Waals surface area (Å²) in [5.41, 5.74) is 6.44. The maximum atomic E-state index is 12.7. The Balaban J connectivity index is 1.52. The number of methoxy groups -OCH3 is 1. The molecule has 38 heavy (non-hydrogen) atoms. The number of carbonyl (C=O) groups is 3. The van der Waals surface area contributed by atoms with Crippen molar-refractivity contribution in [3.8, 4) is 11.1 Å². The summed E-state index contributed by atoms with van der Waals surface area (Å²) < 4.78 is 5.01. The molecule has 1 aliphatic rings. The van der Waals surface area contributed by atoms with E-state index in [1.807, 2.05) is 67.6 Å². The molecule has 0 radical (unpaired) electrons. The van der Waals surface area contributed by atoms with E-state index in [1.54, 1.807) is 0 Å². The van der Waals surface area contributed by atoms with E-state index in [1.165, 1.54) is 14.0 Å². The minimum absolute atomic E-state index is 0.0276. The maximum absolute atomic E-state index is 12.7. The molecule has 7 nitrogen and oxygen atoms in total. The monoisotopic (exact) mass is 513 g/mol. The fourth-order valence-corrected chi connectivity index (χ4v) is 5.23. The molecule has 3 aromatic carbocycles.